The van der Waals surface area contributed by atoms with Gasteiger partial charge < -0.3 is 10.4 Å². The van der Waals surface area contributed by atoms with Crippen LogP contribution in [0.3, 0.4) is 0 Å². The van der Waals surface area contributed by atoms with Crippen LogP contribution in [-0.4, -0.2) is 28.8 Å². The van der Waals surface area contributed by atoms with Crippen molar-refractivity contribution in [2.45, 2.75) is 30.7 Å². The molecule has 0 spiro atoms. The molecule has 0 fully saturated rings. The first-order chi connectivity index (χ1) is 9.52. The number of nitrogens with one attached hydrogen (secondary N) is 1. The number of hydrogen-bond donors (Lipinski definition) is 2. The maximum Gasteiger partial charge on any atom is 0.327 e. The van der Waals surface area contributed by atoms with Crippen LogP contribution in [0.2, 0.25) is 0 Å². The van der Waals surface area contributed by atoms with Crippen molar-refractivity contribution in [2.24, 2.45) is 0 Å². The normalized spacial score (nSPS) is 11.4. The zero-order chi connectivity index (χ0) is 15.0. The number of aliphatic carboxylic acids is 1. The fourth-order valence-electron chi connectivity index (χ4n) is 1.48. The van der Waals surface area contributed by atoms with Crippen molar-refractivity contribution in [3.63, 3.8) is 0 Å². The molecular weight excluding hydrogens is 274 g/mol. The molecule has 0 aliphatic heterocycles. The largest absolute Gasteiger partial charge is 0.480 e. The number of carboxylic acid groups (broad SMARTS) is 1. The van der Waals surface area contributed by atoms with Crippen LogP contribution in [0.5, 0.6) is 0 Å². The van der Waals surface area contributed by atoms with Gasteiger partial charge >= 0.3 is 5.97 Å². The Labute approximate surface area is 123 Å². The Morgan fingerprint density at radius 1 is 1.40 bits per heavy atom. The van der Waals surface area contributed by atoms with Crippen molar-refractivity contribution in [3.8, 4) is 12.3 Å². The number of aryl methyl sites for hydroxylation is 1. The number of rotatable bonds is 7. The van der Waals surface area contributed by atoms with Crippen LogP contribution in [0.1, 0.15) is 18.4 Å². The number of benzene rings is 1. The molecule has 0 radical (unpaired) electrons. The van der Waals surface area contributed by atoms with Gasteiger partial charge in [0.1, 0.15) is 6.04 Å². The average Bonchev–Trinajstić information content (AvgIpc) is 2.40. The van der Waals surface area contributed by atoms with Gasteiger partial charge in [-0.25, -0.2) is 4.79 Å². The molecule has 0 heterocycles. The summed E-state index contributed by atoms with van der Waals surface area (Å²) in [6, 6.07) is 7.01. The second-order valence-corrected chi connectivity index (χ2v) is 5.45. The predicted molar refractivity (Wildman–Crippen MR) is 79.5 cm³/mol. The van der Waals surface area contributed by atoms with Gasteiger partial charge in [0.25, 0.3) is 0 Å². The summed E-state index contributed by atoms with van der Waals surface area (Å²) in [6.45, 7) is 2.01. The van der Waals surface area contributed by atoms with Gasteiger partial charge in [-0.05, 0) is 19.1 Å². The summed E-state index contributed by atoms with van der Waals surface area (Å²) in [5.74, 6) is 1.43. The number of carboxylic acids is 1. The van der Waals surface area contributed by atoms with Crippen LogP contribution < -0.4 is 5.32 Å². The molecule has 1 aromatic carbocycles. The number of carbonyl (C=O) groups excluding carboxylic acids is 1. The summed E-state index contributed by atoms with van der Waals surface area (Å²) in [7, 11) is 0. The van der Waals surface area contributed by atoms with Crippen molar-refractivity contribution in [3.05, 3.63) is 29.8 Å². The molecule has 0 saturated heterocycles. The molecule has 4 nitrogen and oxygen atoms in total. The van der Waals surface area contributed by atoms with Crippen LogP contribution in [0.15, 0.2) is 29.2 Å². The van der Waals surface area contributed by atoms with E-state index in [-0.39, 0.29) is 18.7 Å². The lowest BCUT2D eigenvalue weighted by atomic mass is 10.2. The molecule has 2 N–H and O–H groups in total. The van der Waals surface area contributed by atoms with E-state index in [0.717, 1.165) is 4.90 Å². The van der Waals surface area contributed by atoms with Gasteiger partial charge in [0.05, 0.1) is 0 Å². The van der Waals surface area contributed by atoms with E-state index in [1.165, 1.54) is 5.56 Å². The van der Waals surface area contributed by atoms with Crippen LogP contribution in [0.25, 0.3) is 0 Å². The highest BCUT2D eigenvalue weighted by Gasteiger charge is 2.18. The highest BCUT2D eigenvalue weighted by atomic mass is 32.2. The van der Waals surface area contributed by atoms with E-state index in [1.54, 1.807) is 11.8 Å². The van der Waals surface area contributed by atoms with Crippen molar-refractivity contribution >= 4 is 23.6 Å². The standard InChI is InChI=1S/C15H17NO3S/c1-3-4-13(15(18)19)16-14(17)9-10-20-12-7-5-11(2)6-8-12/h1,5-8,13H,4,9-10H2,2H3,(H,16,17)(H,18,19). The summed E-state index contributed by atoms with van der Waals surface area (Å²) in [5.41, 5.74) is 1.19. The Morgan fingerprint density at radius 2 is 2.05 bits per heavy atom. The molecule has 0 aliphatic rings. The third-order valence-corrected chi connectivity index (χ3v) is 3.59. The van der Waals surface area contributed by atoms with Crippen LogP contribution in [0.4, 0.5) is 0 Å². The molecule has 0 aliphatic carbocycles. The molecule has 1 aromatic rings. The van der Waals surface area contributed by atoms with Crippen LogP contribution in [-0.2, 0) is 9.59 Å². The third-order valence-electron chi connectivity index (χ3n) is 2.57. The Balaban J connectivity index is 2.34. The van der Waals surface area contributed by atoms with Gasteiger partial charge in [-0.2, -0.15) is 0 Å². The zero-order valence-electron chi connectivity index (χ0n) is 11.3. The van der Waals surface area contributed by atoms with Gasteiger partial charge in [-0.3, -0.25) is 4.79 Å². The monoisotopic (exact) mass is 291 g/mol. The van der Waals surface area contributed by atoms with E-state index >= 15 is 0 Å². The minimum absolute atomic E-state index is 0.00776. The van der Waals surface area contributed by atoms with E-state index in [0.29, 0.717) is 5.75 Å². The maximum absolute atomic E-state index is 11.6. The number of carbonyl (C=O) groups is 2. The van der Waals surface area contributed by atoms with Gasteiger partial charge in [0.2, 0.25) is 5.91 Å². The molecule has 1 rings (SSSR count). The minimum atomic E-state index is -1.11. The number of terminal acetylenes is 1. The van der Waals surface area contributed by atoms with Crippen molar-refractivity contribution in [1.82, 2.24) is 5.32 Å². The van der Waals surface area contributed by atoms with E-state index in [9.17, 15) is 9.59 Å². The summed E-state index contributed by atoms with van der Waals surface area (Å²) >= 11 is 1.56. The van der Waals surface area contributed by atoms with E-state index in [2.05, 4.69) is 11.2 Å². The minimum Gasteiger partial charge on any atom is -0.480 e. The lowest BCUT2D eigenvalue weighted by Crippen LogP contribution is -2.40. The van der Waals surface area contributed by atoms with Crippen molar-refractivity contribution in [2.75, 3.05) is 5.75 Å². The molecule has 1 amide bonds. The Bertz CT molecular complexity index is 505. The van der Waals surface area contributed by atoms with E-state index in [4.69, 9.17) is 11.5 Å². The molecule has 0 bridgehead atoms. The fraction of sp³-hybridized carbons (Fsp3) is 0.333. The number of amides is 1. The highest BCUT2D eigenvalue weighted by Crippen LogP contribution is 2.18. The van der Waals surface area contributed by atoms with Gasteiger partial charge in [-0.1, -0.05) is 17.7 Å². The predicted octanol–water partition coefficient (Wildman–Crippen LogP) is 2.07. The van der Waals surface area contributed by atoms with Gasteiger partial charge in [0, 0.05) is 23.5 Å². The maximum atomic E-state index is 11.6. The summed E-state index contributed by atoms with van der Waals surface area (Å²) in [4.78, 5) is 23.5. The zero-order valence-corrected chi connectivity index (χ0v) is 12.1. The summed E-state index contributed by atoms with van der Waals surface area (Å²) < 4.78 is 0. The third kappa shape index (κ3) is 5.81. The summed E-state index contributed by atoms with van der Waals surface area (Å²) in [6.07, 6.45) is 5.31. The average molecular weight is 291 g/mol. The van der Waals surface area contributed by atoms with Gasteiger partial charge in [-0.15, -0.1) is 24.1 Å². The van der Waals surface area contributed by atoms with E-state index < -0.39 is 12.0 Å². The van der Waals surface area contributed by atoms with E-state index in [1.807, 2.05) is 31.2 Å². The second kappa shape index (κ2) is 8.28. The first kappa shape index (κ1) is 16.1. The molecular formula is C15H17NO3S. The Kier molecular flexibility index (Phi) is 6.68. The number of thioether (sulfide) groups is 1. The lowest BCUT2D eigenvalue weighted by molar-refractivity contribution is -0.141. The van der Waals surface area contributed by atoms with Crippen molar-refractivity contribution < 1.29 is 14.7 Å². The molecule has 0 aromatic heterocycles. The molecule has 5 heteroatoms. The molecule has 106 valence electrons. The SMILES string of the molecule is C#CCC(NC(=O)CCSc1ccc(C)cc1)C(=O)O. The first-order valence-electron chi connectivity index (χ1n) is 6.18. The molecule has 0 saturated carbocycles. The lowest BCUT2D eigenvalue weighted by Gasteiger charge is -2.11. The first-order valence-corrected chi connectivity index (χ1v) is 7.16. The molecule has 1 unspecified atom stereocenters. The number of hydrogen-bond acceptors (Lipinski definition) is 3. The highest BCUT2D eigenvalue weighted by molar-refractivity contribution is 7.99. The van der Waals surface area contributed by atoms with Crippen LogP contribution >= 0.6 is 11.8 Å². The van der Waals surface area contributed by atoms with Crippen molar-refractivity contribution in [1.29, 1.82) is 0 Å². The topological polar surface area (TPSA) is 66.4 Å². The molecule has 20 heavy (non-hydrogen) atoms. The quantitative estimate of drug-likeness (QED) is 0.596. The Hall–Kier alpha value is -1.93. The fourth-order valence-corrected chi connectivity index (χ4v) is 2.33. The van der Waals surface area contributed by atoms with Crippen LogP contribution in [0, 0.1) is 19.3 Å². The molecule has 1 atom stereocenters. The second-order valence-electron chi connectivity index (χ2n) is 4.28. The summed E-state index contributed by atoms with van der Waals surface area (Å²) in [5, 5.41) is 11.3. The van der Waals surface area contributed by atoms with Gasteiger partial charge in [0.15, 0.2) is 0 Å². The smallest absolute Gasteiger partial charge is 0.327 e. The Morgan fingerprint density at radius 3 is 2.60 bits per heavy atom.